The van der Waals surface area contributed by atoms with Crippen LogP contribution in [0.3, 0.4) is 0 Å². The zero-order valence-electron chi connectivity index (χ0n) is 17.1. The Morgan fingerprint density at radius 3 is 2.84 bits per heavy atom. The Bertz CT molecular complexity index is 1170. The number of nitrogens with zero attached hydrogens (tertiary/aromatic N) is 3. The van der Waals surface area contributed by atoms with Gasteiger partial charge in [0.1, 0.15) is 5.75 Å². The lowest BCUT2D eigenvalue weighted by Gasteiger charge is -2.36. The Hall–Kier alpha value is -3.16. The fourth-order valence-electron chi connectivity index (χ4n) is 3.56. The maximum Gasteiger partial charge on any atom is 0.258 e. The van der Waals surface area contributed by atoms with Crippen LogP contribution in [0.5, 0.6) is 5.75 Å². The van der Waals surface area contributed by atoms with E-state index in [-0.39, 0.29) is 6.04 Å². The van der Waals surface area contributed by atoms with Crippen LogP contribution >= 0.6 is 23.8 Å². The molecule has 0 amide bonds. The molecule has 2 heterocycles. The summed E-state index contributed by atoms with van der Waals surface area (Å²) in [5, 5.41) is 8.83. The van der Waals surface area contributed by atoms with Crippen molar-refractivity contribution in [2.45, 2.75) is 13.0 Å². The van der Waals surface area contributed by atoms with Crippen LogP contribution in [0.4, 0.5) is 0 Å². The van der Waals surface area contributed by atoms with Crippen molar-refractivity contribution in [2.24, 2.45) is 0 Å². The lowest BCUT2D eigenvalue weighted by atomic mass is 9.95. The highest BCUT2D eigenvalue weighted by Crippen LogP contribution is 2.38. The second kappa shape index (κ2) is 8.91. The molecule has 31 heavy (non-hydrogen) atoms. The summed E-state index contributed by atoms with van der Waals surface area (Å²) in [5.74, 6) is 1.60. The zero-order chi connectivity index (χ0) is 22.0. The predicted octanol–water partition coefficient (Wildman–Crippen LogP) is 5.25. The van der Waals surface area contributed by atoms with Gasteiger partial charge in [0, 0.05) is 22.8 Å². The first kappa shape index (κ1) is 21.1. The van der Waals surface area contributed by atoms with Gasteiger partial charge in [-0.05, 0) is 49.0 Å². The number of nitrogens with one attached hydrogen (secondary N) is 1. The Morgan fingerprint density at radius 2 is 2.10 bits per heavy atom. The highest BCUT2D eigenvalue weighted by molar-refractivity contribution is 7.80. The minimum absolute atomic E-state index is 0.286. The summed E-state index contributed by atoms with van der Waals surface area (Å²) in [6.07, 6.45) is 1.80. The molecule has 0 saturated heterocycles. The van der Waals surface area contributed by atoms with E-state index in [4.69, 9.17) is 33.1 Å². The lowest BCUT2D eigenvalue weighted by molar-refractivity contribution is 0.399. The van der Waals surface area contributed by atoms with E-state index in [1.165, 1.54) is 0 Å². The van der Waals surface area contributed by atoms with Gasteiger partial charge in [-0.25, -0.2) is 0 Å². The van der Waals surface area contributed by atoms with E-state index >= 15 is 0 Å². The molecule has 3 aromatic rings. The van der Waals surface area contributed by atoms with Crippen LogP contribution in [0.1, 0.15) is 24.4 Å². The van der Waals surface area contributed by atoms with Gasteiger partial charge >= 0.3 is 0 Å². The zero-order valence-corrected chi connectivity index (χ0v) is 18.7. The second-order valence-electron chi connectivity index (χ2n) is 6.99. The van der Waals surface area contributed by atoms with E-state index in [0.717, 1.165) is 28.1 Å². The molecule has 8 heteroatoms. The highest BCUT2D eigenvalue weighted by atomic mass is 35.5. The van der Waals surface area contributed by atoms with Crippen molar-refractivity contribution in [3.63, 3.8) is 0 Å². The molecule has 4 rings (SSSR count). The van der Waals surface area contributed by atoms with Crippen molar-refractivity contribution in [3.05, 3.63) is 83.4 Å². The average Bonchev–Trinajstić information content (AvgIpc) is 3.26. The SMILES string of the molecule is C=CCN1C(=S)NC(c2cccc(Cl)c2)C(c2nc(-c3cccc(OC)c3)no2)=C1C. The first-order valence-corrected chi connectivity index (χ1v) is 10.4. The molecule has 0 aliphatic carbocycles. The molecule has 1 aromatic heterocycles. The molecule has 1 unspecified atom stereocenters. The number of aromatic nitrogens is 2. The summed E-state index contributed by atoms with van der Waals surface area (Å²) >= 11 is 11.9. The average molecular weight is 453 g/mol. The molecule has 0 saturated carbocycles. The van der Waals surface area contributed by atoms with Crippen molar-refractivity contribution in [2.75, 3.05) is 13.7 Å². The van der Waals surface area contributed by atoms with Gasteiger partial charge in [0.25, 0.3) is 5.89 Å². The van der Waals surface area contributed by atoms with Crippen LogP contribution < -0.4 is 10.1 Å². The Balaban J connectivity index is 1.82. The third kappa shape index (κ3) is 4.19. The summed E-state index contributed by atoms with van der Waals surface area (Å²) in [6, 6.07) is 14.9. The quantitative estimate of drug-likeness (QED) is 0.405. The summed E-state index contributed by atoms with van der Waals surface area (Å²) in [7, 11) is 1.62. The van der Waals surface area contributed by atoms with Gasteiger partial charge in [-0.3, -0.25) is 0 Å². The maximum atomic E-state index is 6.26. The van der Waals surface area contributed by atoms with Crippen molar-refractivity contribution in [1.29, 1.82) is 0 Å². The number of hydrogen-bond donors (Lipinski definition) is 1. The van der Waals surface area contributed by atoms with E-state index in [0.29, 0.717) is 28.4 Å². The van der Waals surface area contributed by atoms with Gasteiger partial charge in [0.2, 0.25) is 5.82 Å². The summed E-state index contributed by atoms with van der Waals surface area (Å²) in [4.78, 5) is 6.64. The van der Waals surface area contributed by atoms with Gasteiger partial charge in [0.15, 0.2) is 5.11 Å². The van der Waals surface area contributed by atoms with E-state index in [1.807, 2.05) is 60.4 Å². The molecule has 1 atom stereocenters. The molecule has 6 nitrogen and oxygen atoms in total. The number of ether oxygens (including phenoxy) is 1. The molecule has 0 spiro atoms. The Labute approximate surface area is 191 Å². The molecule has 1 aliphatic heterocycles. The van der Waals surface area contributed by atoms with Gasteiger partial charge in [-0.1, -0.05) is 47.1 Å². The standard InChI is InChI=1S/C23H21ClN4O2S/c1-4-11-28-14(2)19(20(25-23(28)31)15-7-5-9-17(24)12-15)22-26-21(27-30-22)16-8-6-10-18(13-16)29-3/h4-10,12-13,20H,1,11H2,2-3H3,(H,25,31). The summed E-state index contributed by atoms with van der Waals surface area (Å²) < 4.78 is 11.0. The number of halogens is 1. The lowest BCUT2D eigenvalue weighted by Crippen LogP contribution is -2.45. The smallest absolute Gasteiger partial charge is 0.258 e. The van der Waals surface area contributed by atoms with Crippen molar-refractivity contribution in [3.8, 4) is 17.1 Å². The topological polar surface area (TPSA) is 63.4 Å². The van der Waals surface area contributed by atoms with Crippen molar-refractivity contribution in [1.82, 2.24) is 20.4 Å². The monoisotopic (exact) mass is 452 g/mol. The van der Waals surface area contributed by atoms with Crippen LogP contribution in [-0.4, -0.2) is 33.8 Å². The fraction of sp³-hybridized carbons (Fsp3) is 0.174. The van der Waals surface area contributed by atoms with Crippen LogP contribution in [0.15, 0.2) is 71.4 Å². The number of thiocarbonyl (C=S) groups is 1. The van der Waals surface area contributed by atoms with Crippen LogP contribution in [-0.2, 0) is 0 Å². The molecule has 1 aliphatic rings. The maximum absolute atomic E-state index is 6.26. The number of benzene rings is 2. The molecular weight excluding hydrogens is 432 g/mol. The minimum atomic E-state index is -0.286. The van der Waals surface area contributed by atoms with Gasteiger partial charge in [0.05, 0.1) is 18.7 Å². The van der Waals surface area contributed by atoms with Crippen LogP contribution in [0.25, 0.3) is 17.0 Å². The van der Waals surface area contributed by atoms with E-state index in [9.17, 15) is 0 Å². The number of hydrogen-bond acceptors (Lipinski definition) is 5. The summed E-state index contributed by atoms with van der Waals surface area (Å²) in [6.45, 7) is 6.38. The largest absolute Gasteiger partial charge is 0.497 e. The van der Waals surface area contributed by atoms with Crippen LogP contribution in [0.2, 0.25) is 5.02 Å². The second-order valence-corrected chi connectivity index (χ2v) is 7.81. The first-order valence-electron chi connectivity index (χ1n) is 9.65. The number of rotatable bonds is 6. The highest BCUT2D eigenvalue weighted by Gasteiger charge is 2.33. The van der Waals surface area contributed by atoms with E-state index in [2.05, 4.69) is 22.0 Å². The molecule has 0 fully saturated rings. The minimum Gasteiger partial charge on any atom is -0.497 e. The number of allylic oxidation sites excluding steroid dienone is 1. The molecule has 1 N–H and O–H groups in total. The van der Waals surface area contributed by atoms with Crippen molar-refractivity contribution >= 4 is 34.5 Å². The van der Waals surface area contributed by atoms with E-state index < -0.39 is 0 Å². The van der Waals surface area contributed by atoms with Crippen molar-refractivity contribution < 1.29 is 9.26 Å². The number of methoxy groups -OCH3 is 1. The van der Waals surface area contributed by atoms with Gasteiger partial charge < -0.3 is 19.5 Å². The third-order valence-corrected chi connectivity index (χ3v) is 5.65. The predicted molar refractivity (Wildman–Crippen MR) is 126 cm³/mol. The third-order valence-electron chi connectivity index (χ3n) is 5.07. The molecule has 0 bridgehead atoms. The molecule has 2 aromatic carbocycles. The molecule has 158 valence electrons. The fourth-order valence-corrected chi connectivity index (χ4v) is 4.08. The van der Waals surface area contributed by atoms with Crippen LogP contribution in [0, 0.1) is 0 Å². The molecule has 0 radical (unpaired) electrons. The Kier molecular flexibility index (Phi) is 6.06. The Morgan fingerprint density at radius 1 is 1.29 bits per heavy atom. The first-order chi connectivity index (χ1) is 15.0. The molecular formula is C23H21ClN4O2S. The van der Waals surface area contributed by atoms with E-state index in [1.54, 1.807) is 13.2 Å². The van der Waals surface area contributed by atoms with Gasteiger partial charge in [-0.2, -0.15) is 4.98 Å². The summed E-state index contributed by atoms with van der Waals surface area (Å²) in [5.41, 5.74) is 3.49. The van der Waals surface area contributed by atoms with Gasteiger partial charge in [-0.15, -0.1) is 6.58 Å². The normalized spacial score (nSPS) is 16.3.